The fourth-order valence-corrected chi connectivity index (χ4v) is 1.29. The molecule has 1 aromatic heterocycles. The Balaban J connectivity index is 3.24. The maximum atomic E-state index is 10.4. The average Bonchev–Trinajstić information content (AvgIpc) is 2.26. The minimum atomic E-state index is 0.560. The highest BCUT2D eigenvalue weighted by Crippen LogP contribution is 2.10. The van der Waals surface area contributed by atoms with Crippen molar-refractivity contribution in [3.8, 4) is 0 Å². The van der Waals surface area contributed by atoms with Crippen LogP contribution in [0.1, 0.15) is 28.7 Å². The zero-order chi connectivity index (χ0) is 8.43. The summed E-state index contributed by atoms with van der Waals surface area (Å²) in [5.74, 6) is 0. The lowest BCUT2D eigenvalue weighted by molar-refractivity contribution is 0.111. The smallest absolute Gasteiger partial charge is 0.170 e. The largest absolute Gasteiger partial charge is 0.296 e. The van der Waals surface area contributed by atoms with E-state index in [4.69, 9.17) is 0 Å². The minimum Gasteiger partial charge on any atom is -0.296 e. The molecule has 0 aromatic carbocycles. The molecule has 1 rings (SSSR count). The second-order valence-electron chi connectivity index (χ2n) is 2.55. The molecule has 0 aliphatic heterocycles. The van der Waals surface area contributed by atoms with Crippen LogP contribution in [0.25, 0.3) is 0 Å². The van der Waals surface area contributed by atoms with E-state index >= 15 is 0 Å². The summed E-state index contributed by atoms with van der Waals surface area (Å²) in [5, 5.41) is 4.05. The van der Waals surface area contributed by atoms with Crippen molar-refractivity contribution in [2.24, 2.45) is 7.05 Å². The number of hydrogen-bond acceptors (Lipinski definition) is 2. The van der Waals surface area contributed by atoms with Crippen LogP contribution in [0.2, 0.25) is 0 Å². The van der Waals surface area contributed by atoms with E-state index in [0.29, 0.717) is 5.69 Å². The number of carbonyl (C=O) groups is 1. The molecule has 0 unspecified atom stereocenters. The zero-order valence-electron chi connectivity index (χ0n) is 7.09. The lowest BCUT2D eigenvalue weighted by atomic mass is 10.2. The SMILES string of the molecule is CCc1c(C)c(C=O)nn1C. The van der Waals surface area contributed by atoms with E-state index < -0.39 is 0 Å². The van der Waals surface area contributed by atoms with Crippen molar-refractivity contribution >= 4 is 6.29 Å². The first-order valence-corrected chi connectivity index (χ1v) is 3.68. The summed E-state index contributed by atoms with van der Waals surface area (Å²) in [6, 6.07) is 0. The molecule has 0 amide bonds. The molecule has 11 heavy (non-hydrogen) atoms. The van der Waals surface area contributed by atoms with Gasteiger partial charge < -0.3 is 0 Å². The Bertz CT molecular complexity index is 276. The number of carbonyl (C=O) groups excluding carboxylic acids is 1. The summed E-state index contributed by atoms with van der Waals surface area (Å²) in [7, 11) is 1.86. The van der Waals surface area contributed by atoms with Crippen molar-refractivity contribution < 1.29 is 4.79 Å². The molecule has 0 N–H and O–H groups in total. The Labute approximate surface area is 66.0 Å². The van der Waals surface area contributed by atoms with E-state index in [-0.39, 0.29) is 0 Å². The lowest BCUT2D eigenvalue weighted by Crippen LogP contribution is -1.96. The first-order valence-electron chi connectivity index (χ1n) is 3.68. The molecule has 0 atom stereocenters. The minimum absolute atomic E-state index is 0.560. The van der Waals surface area contributed by atoms with Crippen LogP contribution in [-0.2, 0) is 13.5 Å². The van der Waals surface area contributed by atoms with Gasteiger partial charge in [-0.25, -0.2) is 0 Å². The number of nitrogens with zero attached hydrogens (tertiary/aromatic N) is 2. The van der Waals surface area contributed by atoms with Crippen molar-refractivity contribution in [2.75, 3.05) is 0 Å². The second kappa shape index (κ2) is 2.86. The molecular formula is C8H12N2O. The molecule has 0 saturated carbocycles. The van der Waals surface area contributed by atoms with Crippen molar-refractivity contribution in [3.05, 3.63) is 17.0 Å². The van der Waals surface area contributed by atoms with Gasteiger partial charge in [-0.2, -0.15) is 5.10 Å². The molecule has 0 spiro atoms. The first-order chi connectivity index (χ1) is 5.20. The van der Waals surface area contributed by atoms with E-state index in [2.05, 4.69) is 12.0 Å². The molecular weight excluding hydrogens is 140 g/mol. The number of aryl methyl sites for hydroxylation is 1. The normalized spacial score (nSPS) is 10.1. The van der Waals surface area contributed by atoms with Gasteiger partial charge in [0.1, 0.15) is 5.69 Å². The average molecular weight is 152 g/mol. The van der Waals surface area contributed by atoms with E-state index in [1.807, 2.05) is 14.0 Å². The second-order valence-corrected chi connectivity index (χ2v) is 2.55. The predicted octanol–water partition coefficient (Wildman–Crippen LogP) is 1.10. The predicted molar refractivity (Wildman–Crippen MR) is 42.7 cm³/mol. The quantitative estimate of drug-likeness (QED) is 0.595. The van der Waals surface area contributed by atoms with Crippen LogP contribution in [0.4, 0.5) is 0 Å². The number of aromatic nitrogens is 2. The van der Waals surface area contributed by atoms with Gasteiger partial charge in [0, 0.05) is 18.3 Å². The van der Waals surface area contributed by atoms with Crippen LogP contribution in [0.15, 0.2) is 0 Å². The van der Waals surface area contributed by atoms with Crippen LogP contribution in [0.5, 0.6) is 0 Å². The Morgan fingerprint density at radius 2 is 2.27 bits per heavy atom. The Morgan fingerprint density at radius 1 is 1.64 bits per heavy atom. The summed E-state index contributed by atoms with van der Waals surface area (Å²) in [6.45, 7) is 3.98. The Hall–Kier alpha value is -1.12. The topological polar surface area (TPSA) is 34.9 Å². The Morgan fingerprint density at radius 3 is 2.55 bits per heavy atom. The van der Waals surface area contributed by atoms with Crippen molar-refractivity contribution in [3.63, 3.8) is 0 Å². The molecule has 60 valence electrons. The molecule has 0 fully saturated rings. The number of hydrogen-bond donors (Lipinski definition) is 0. The summed E-state index contributed by atoms with van der Waals surface area (Å²) < 4.78 is 1.76. The summed E-state index contributed by atoms with van der Waals surface area (Å²) >= 11 is 0. The Kier molecular flexibility index (Phi) is 2.08. The van der Waals surface area contributed by atoms with Crippen molar-refractivity contribution in [1.82, 2.24) is 9.78 Å². The maximum Gasteiger partial charge on any atom is 0.170 e. The van der Waals surface area contributed by atoms with Gasteiger partial charge in [0.25, 0.3) is 0 Å². The van der Waals surface area contributed by atoms with Crippen molar-refractivity contribution in [2.45, 2.75) is 20.3 Å². The van der Waals surface area contributed by atoms with E-state index in [1.54, 1.807) is 4.68 Å². The highest BCUT2D eigenvalue weighted by atomic mass is 16.1. The summed E-state index contributed by atoms with van der Waals surface area (Å²) in [4.78, 5) is 10.4. The third kappa shape index (κ3) is 1.18. The molecule has 0 aliphatic carbocycles. The fourth-order valence-electron chi connectivity index (χ4n) is 1.29. The first kappa shape index (κ1) is 7.98. The fraction of sp³-hybridized carbons (Fsp3) is 0.500. The third-order valence-corrected chi connectivity index (χ3v) is 1.91. The summed E-state index contributed by atoms with van der Waals surface area (Å²) in [5.41, 5.74) is 2.70. The van der Waals surface area contributed by atoms with Crippen LogP contribution < -0.4 is 0 Å². The van der Waals surface area contributed by atoms with E-state index in [9.17, 15) is 4.79 Å². The van der Waals surface area contributed by atoms with E-state index in [0.717, 1.165) is 24.0 Å². The molecule has 0 aliphatic rings. The monoisotopic (exact) mass is 152 g/mol. The molecule has 0 saturated heterocycles. The van der Waals surface area contributed by atoms with Gasteiger partial charge in [-0.1, -0.05) is 6.92 Å². The highest BCUT2D eigenvalue weighted by molar-refractivity contribution is 5.74. The number of rotatable bonds is 2. The lowest BCUT2D eigenvalue weighted by Gasteiger charge is -1.96. The third-order valence-electron chi connectivity index (χ3n) is 1.91. The molecule has 0 bridgehead atoms. The van der Waals surface area contributed by atoms with Crippen molar-refractivity contribution in [1.29, 1.82) is 0 Å². The molecule has 3 nitrogen and oxygen atoms in total. The van der Waals surface area contributed by atoms with Gasteiger partial charge in [-0.3, -0.25) is 9.48 Å². The highest BCUT2D eigenvalue weighted by Gasteiger charge is 2.08. The van der Waals surface area contributed by atoms with Gasteiger partial charge in [0.2, 0.25) is 0 Å². The van der Waals surface area contributed by atoms with Gasteiger partial charge >= 0.3 is 0 Å². The standard InChI is InChI=1S/C8H12N2O/c1-4-8-6(2)7(5-11)9-10(8)3/h5H,4H2,1-3H3. The molecule has 3 heteroatoms. The van der Waals surface area contributed by atoms with Crippen LogP contribution >= 0.6 is 0 Å². The van der Waals surface area contributed by atoms with Gasteiger partial charge in [0.15, 0.2) is 6.29 Å². The van der Waals surface area contributed by atoms with Gasteiger partial charge in [-0.05, 0) is 13.3 Å². The van der Waals surface area contributed by atoms with Crippen LogP contribution in [0, 0.1) is 6.92 Å². The van der Waals surface area contributed by atoms with Crippen LogP contribution in [-0.4, -0.2) is 16.1 Å². The van der Waals surface area contributed by atoms with E-state index in [1.165, 1.54) is 0 Å². The summed E-state index contributed by atoms with van der Waals surface area (Å²) in [6.07, 6.45) is 1.72. The van der Waals surface area contributed by atoms with Gasteiger partial charge in [-0.15, -0.1) is 0 Å². The van der Waals surface area contributed by atoms with Gasteiger partial charge in [0.05, 0.1) is 0 Å². The molecule has 1 heterocycles. The molecule has 1 aromatic rings. The van der Waals surface area contributed by atoms with Crippen LogP contribution in [0.3, 0.4) is 0 Å². The molecule has 0 radical (unpaired) electrons. The maximum absolute atomic E-state index is 10.4. The zero-order valence-corrected chi connectivity index (χ0v) is 7.09. The number of aldehydes is 1.